The topological polar surface area (TPSA) is 113 Å². The average Bonchev–Trinajstić information content (AvgIpc) is 3.48. The van der Waals surface area contributed by atoms with Gasteiger partial charge < -0.3 is 19.9 Å². The summed E-state index contributed by atoms with van der Waals surface area (Å²) in [6.07, 6.45) is 7.13. The van der Waals surface area contributed by atoms with Crippen molar-refractivity contribution in [3.8, 4) is 0 Å². The predicted octanol–water partition coefficient (Wildman–Crippen LogP) is 7.09. The van der Waals surface area contributed by atoms with Gasteiger partial charge in [0.15, 0.2) is 0 Å². The summed E-state index contributed by atoms with van der Waals surface area (Å²) in [6.45, 7) is 2.65. The lowest BCUT2D eigenvalue weighted by atomic mass is 9.82. The number of fused-ring (bicyclic) bond motifs is 1. The molecule has 3 aliphatic heterocycles. The zero-order chi connectivity index (χ0) is 38.7. The van der Waals surface area contributed by atoms with Gasteiger partial charge in [-0.15, -0.1) is 11.8 Å². The monoisotopic (exact) mass is 765 g/mol. The number of esters is 1. The number of nitrogens with zero attached hydrogens (tertiary/aromatic N) is 2. The van der Waals surface area contributed by atoms with Crippen molar-refractivity contribution < 1.29 is 28.7 Å². The molecule has 0 saturated carbocycles. The predicted molar refractivity (Wildman–Crippen MR) is 216 cm³/mol. The number of ether oxygens (including phenoxy) is 1. The van der Waals surface area contributed by atoms with Gasteiger partial charge in [-0.25, -0.2) is 4.79 Å². The quantitative estimate of drug-likeness (QED) is 0.175. The van der Waals surface area contributed by atoms with E-state index in [-0.39, 0.29) is 41.2 Å². The summed E-state index contributed by atoms with van der Waals surface area (Å²) in [4.78, 5) is 73.1. The van der Waals surface area contributed by atoms with Crippen molar-refractivity contribution in [1.29, 1.82) is 0 Å². The molecule has 3 saturated heterocycles. The van der Waals surface area contributed by atoms with Gasteiger partial charge in [-0.05, 0) is 99.6 Å². The van der Waals surface area contributed by atoms with Gasteiger partial charge in [0.1, 0.15) is 17.9 Å². The van der Waals surface area contributed by atoms with Crippen LogP contribution in [0.1, 0.15) is 80.9 Å². The van der Waals surface area contributed by atoms with Gasteiger partial charge in [0.2, 0.25) is 17.7 Å². The number of rotatable bonds is 14. The smallest absolute Gasteiger partial charge is 0.328 e. The molecule has 6 rings (SSSR count). The van der Waals surface area contributed by atoms with Gasteiger partial charge >= 0.3 is 5.97 Å². The second-order valence-corrected chi connectivity index (χ2v) is 16.7. The van der Waals surface area contributed by atoms with E-state index in [0.717, 1.165) is 48.1 Å². The number of carbonyl (C=O) groups is 5. The van der Waals surface area contributed by atoms with E-state index >= 15 is 0 Å². The zero-order valence-corrected chi connectivity index (χ0v) is 33.0. The Hall–Kier alpha value is -4.44. The highest BCUT2D eigenvalue weighted by atomic mass is 32.2. The number of hydrogen-bond acceptors (Lipinski definition) is 7. The van der Waals surface area contributed by atoms with E-state index in [0.29, 0.717) is 57.2 Å². The van der Waals surface area contributed by atoms with Gasteiger partial charge in [0.05, 0.1) is 12.5 Å². The summed E-state index contributed by atoms with van der Waals surface area (Å²) in [5, 5.41) is 2.99. The number of piperidine rings is 1. The van der Waals surface area contributed by atoms with Gasteiger partial charge in [0, 0.05) is 36.4 Å². The molecule has 3 amide bonds. The number of aryl methyl sites for hydroxylation is 1. The number of ketones is 1. The zero-order valence-electron chi connectivity index (χ0n) is 32.2. The maximum Gasteiger partial charge on any atom is 0.328 e. The van der Waals surface area contributed by atoms with Crippen molar-refractivity contribution >= 4 is 46.9 Å². The second-order valence-electron chi connectivity index (χ2n) is 15.4. The highest BCUT2D eigenvalue weighted by Gasteiger charge is 2.44. The van der Waals surface area contributed by atoms with Gasteiger partial charge in [-0.3, -0.25) is 19.2 Å². The normalized spacial score (nSPS) is 22.8. The van der Waals surface area contributed by atoms with Crippen LogP contribution in [0.4, 0.5) is 5.69 Å². The number of amides is 3. The van der Waals surface area contributed by atoms with Gasteiger partial charge in [0.25, 0.3) is 0 Å². The largest absolute Gasteiger partial charge is 0.467 e. The SMILES string of the molecule is COC(=O)[C@@H]1CCC[C@@H]2SCC[C@H](NC(=O)[C@H](CC[C@H](Cc3ccccc3)C(=O)C[C@H]3CCCCN(c4ccccc4C)C3=O)Cc3ccccc3)C(=O)N21. The minimum absolute atomic E-state index is 0.0107. The number of para-hydroxylation sites is 1. The highest BCUT2D eigenvalue weighted by Crippen LogP contribution is 2.35. The van der Waals surface area contributed by atoms with Crippen molar-refractivity contribution in [2.24, 2.45) is 17.8 Å². The number of carbonyl (C=O) groups excluding carboxylic acids is 5. The third-order valence-corrected chi connectivity index (χ3v) is 12.9. The van der Waals surface area contributed by atoms with Crippen LogP contribution in [0, 0.1) is 24.7 Å². The lowest BCUT2D eigenvalue weighted by Crippen LogP contribution is -2.57. The van der Waals surface area contributed by atoms with Crippen LogP contribution in [-0.2, 0) is 41.6 Å². The molecular weight excluding hydrogens is 711 g/mol. The van der Waals surface area contributed by atoms with E-state index in [1.807, 2.05) is 96.8 Å². The molecule has 0 radical (unpaired) electrons. The number of Topliss-reactive ketones (excluding diaryl/α,β-unsaturated/α-hetero) is 1. The summed E-state index contributed by atoms with van der Waals surface area (Å²) in [7, 11) is 1.35. The van der Waals surface area contributed by atoms with Crippen LogP contribution in [0.25, 0.3) is 0 Å². The minimum Gasteiger partial charge on any atom is -0.467 e. The fraction of sp³-hybridized carbons (Fsp3) is 0.489. The lowest BCUT2D eigenvalue weighted by Gasteiger charge is -2.40. The van der Waals surface area contributed by atoms with Crippen LogP contribution in [0.2, 0.25) is 0 Å². The number of thioether (sulfide) groups is 1. The summed E-state index contributed by atoms with van der Waals surface area (Å²) in [5.41, 5.74) is 3.98. The van der Waals surface area contributed by atoms with E-state index in [2.05, 4.69) is 5.32 Å². The fourth-order valence-electron chi connectivity index (χ4n) is 8.56. The first-order valence-electron chi connectivity index (χ1n) is 20.0. The number of nitrogens with one attached hydrogen (secondary N) is 1. The Morgan fingerprint density at radius 2 is 1.44 bits per heavy atom. The third kappa shape index (κ3) is 10.3. The van der Waals surface area contributed by atoms with E-state index in [1.54, 1.807) is 16.7 Å². The van der Waals surface area contributed by atoms with Crippen molar-refractivity contribution in [1.82, 2.24) is 10.2 Å². The van der Waals surface area contributed by atoms with Crippen LogP contribution < -0.4 is 10.2 Å². The number of benzene rings is 3. The first-order valence-corrected chi connectivity index (χ1v) is 21.1. The molecule has 3 aliphatic rings. The summed E-state index contributed by atoms with van der Waals surface area (Å²) < 4.78 is 5.08. The molecule has 10 heteroatoms. The number of hydrogen-bond donors (Lipinski definition) is 1. The molecule has 3 aromatic carbocycles. The van der Waals surface area contributed by atoms with Crippen LogP contribution in [0.15, 0.2) is 84.9 Å². The molecule has 9 nitrogen and oxygen atoms in total. The molecule has 3 fully saturated rings. The van der Waals surface area contributed by atoms with Crippen molar-refractivity contribution in [2.75, 3.05) is 24.3 Å². The van der Waals surface area contributed by atoms with Crippen molar-refractivity contribution in [3.05, 3.63) is 102 Å². The first-order chi connectivity index (χ1) is 26.7. The Balaban J connectivity index is 1.20. The molecule has 3 aromatic rings. The Kier molecular flexibility index (Phi) is 14.2. The fourth-order valence-corrected chi connectivity index (χ4v) is 9.95. The Bertz CT molecular complexity index is 1790. The summed E-state index contributed by atoms with van der Waals surface area (Å²) in [5.74, 6) is -1.42. The molecule has 6 atom stereocenters. The highest BCUT2D eigenvalue weighted by molar-refractivity contribution is 7.99. The standard InChI is InChI=1S/C45H55N3O6S/c1-31-14-9-10-20-38(31)47-26-12-11-19-36(43(47)51)30-40(49)34(28-32-15-5-3-6-16-32)23-24-35(29-33-17-7-4-8-18-33)42(50)46-37-25-27-55-41-22-13-21-39(45(53)54-2)48(41)44(37)52/h3-10,14-18,20,34-37,39,41H,11-13,19,21-30H2,1-2H3,(H,46,50)/t34-,35-,36-,37+,39+,41+/m1/s1. The number of methoxy groups -OCH3 is 1. The maximum atomic E-state index is 14.4. The van der Waals surface area contributed by atoms with Crippen LogP contribution in [0.5, 0.6) is 0 Å². The van der Waals surface area contributed by atoms with Crippen LogP contribution in [0.3, 0.4) is 0 Å². The van der Waals surface area contributed by atoms with Crippen molar-refractivity contribution in [3.63, 3.8) is 0 Å². The lowest BCUT2D eigenvalue weighted by molar-refractivity contribution is -0.156. The summed E-state index contributed by atoms with van der Waals surface area (Å²) in [6, 6.07) is 26.3. The van der Waals surface area contributed by atoms with E-state index in [4.69, 9.17) is 4.74 Å². The third-order valence-electron chi connectivity index (χ3n) is 11.6. The van der Waals surface area contributed by atoms with E-state index in [9.17, 15) is 24.0 Å². The molecular formula is C45H55N3O6S. The van der Waals surface area contributed by atoms with E-state index in [1.165, 1.54) is 7.11 Å². The minimum atomic E-state index is -0.757. The molecule has 0 unspecified atom stereocenters. The first kappa shape index (κ1) is 40.2. The molecule has 0 bridgehead atoms. The Morgan fingerprint density at radius 3 is 2.13 bits per heavy atom. The molecule has 0 spiro atoms. The molecule has 55 heavy (non-hydrogen) atoms. The molecule has 1 N–H and O–H groups in total. The van der Waals surface area contributed by atoms with Crippen LogP contribution >= 0.6 is 11.8 Å². The molecule has 3 heterocycles. The summed E-state index contributed by atoms with van der Waals surface area (Å²) >= 11 is 1.66. The maximum absolute atomic E-state index is 14.4. The molecule has 292 valence electrons. The average molecular weight is 766 g/mol. The Morgan fingerprint density at radius 1 is 0.782 bits per heavy atom. The van der Waals surface area contributed by atoms with Crippen LogP contribution in [-0.4, -0.2) is 71.2 Å². The van der Waals surface area contributed by atoms with Gasteiger partial charge in [-0.2, -0.15) is 0 Å². The number of anilines is 1. The van der Waals surface area contributed by atoms with E-state index < -0.39 is 29.9 Å². The van der Waals surface area contributed by atoms with Crippen molar-refractivity contribution in [2.45, 2.75) is 101 Å². The second kappa shape index (κ2) is 19.4. The molecule has 0 aromatic heterocycles. The molecule has 0 aliphatic carbocycles. The Labute approximate surface area is 329 Å². The van der Waals surface area contributed by atoms with Gasteiger partial charge in [-0.1, -0.05) is 85.3 Å².